The Hall–Kier alpha value is -1.61. The molecule has 1 aliphatic carbocycles. The average molecular weight is 204 g/mol. The fourth-order valence-electron chi connectivity index (χ4n) is 1.77. The van der Waals surface area contributed by atoms with E-state index in [1.807, 2.05) is 25.1 Å². The van der Waals surface area contributed by atoms with Gasteiger partial charge in [0, 0.05) is 6.42 Å². The van der Waals surface area contributed by atoms with Gasteiger partial charge >= 0.3 is 5.97 Å². The maximum absolute atomic E-state index is 10.9. The summed E-state index contributed by atoms with van der Waals surface area (Å²) in [5.41, 5.74) is 1.17. The zero-order valence-corrected chi connectivity index (χ0v) is 8.40. The van der Waals surface area contributed by atoms with E-state index >= 15 is 0 Å². The molecule has 15 heavy (non-hydrogen) atoms. The molecule has 0 aliphatic heterocycles. The van der Waals surface area contributed by atoms with Crippen LogP contribution < -0.4 is 0 Å². The number of aliphatic hydroxyl groups is 1. The largest absolute Gasteiger partial charge is 0.479 e. The van der Waals surface area contributed by atoms with Crippen LogP contribution in [0.15, 0.2) is 24.3 Å². The summed E-state index contributed by atoms with van der Waals surface area (Å²) in [6.07, 6.45) is 3.13. The Morgan fingerprint density at radius 3 is 2.87 bits per heavy atom. The van der Waals surface area contributed by atoms with Crippen molar-refractivity contribution >= 4 is 12.0 Å². The highest BCUT2D eigenvalue weighted by atomic mass is 16.4. The molecule has 0 amide bonds. The molecular formula is C12H12O3. The number of aryl methyl sites for hydroxylation is 1. The maximum Gasteiger partial charge on any atom is 0.340 e. The van der Waals surface area contributed by atoms with E-state index in [0.717, 1.165) is 16.7 Å². The molecule has 0 saturated carbocycles. The van der Waals surface area contributed by atoms with E-state index in [1.54, 1.807) is 6.08 Å². The number of fused-ring (bicyclic) bond motifs is 1. The van der Waals surface area contributed by atoms with E-state index in [0.29, 0.717) is 0 Å². The predicted octanol–water partition coefficient (Wildman–Crippen LogP) is 1.38. The molecule has 2 N–H and O–H groups in total. The molecule has 0 saturated heterocycles. The molecule has 78 valence electrons. The van der Waals surface area contributed by atoms with Crippen LogP contribution in [0.5, 0.6) is 0 Å². The third kappa shape index (κ3) is 1.66. The van der Waals surface area contributed by atoms with E-state index in [-0.39, 0.29) is 6.42 Å². The lowest BCUT2D eigenvalue weighted by Crippen LogP contribution is -2.40. The summed E-state index contributed by atoms with van der Waals surface area (Å²) in [6, 6.07) is 5.81. The van der Waals surface area contributed by atoms with Crippen molar-refractivity contribution in [2.75, 3.05) is 0 Å². The Kier molecular flexibility index (Phi) is 2.12. The van der Waals surface area contributed by atoms with Gasteiger partial charge in [0.15, 0.2) is 5.60 Å². The second kappa shape index (κ2) is 3.21. The number of hydrogen-bond acceptors (Lipinski definition) is 2. The quantitative estimate of drug-likeness (QED) is 0.726. The molecule has 1 aliphatic rings. The van der Waals surface area contributed by atoms with E-state index in [1.165, 1.54) is 6.08 Å². The first-order chi connectivity index (χ1) is 7.01. The van der Waals surface area contributed by atoms with Crippen molar-refractivity contribution in [3.05, 3.63) is 41.0 Å². The van der Waals surface area contributed by atoms with Gasteiger partial charge in [-0.1, -0.05) is 29.8 Å². The smallest absolute Gasteiger partial charge is 0.340 e. The number of hydrogen-bond donors (Lipinski definition) is 2. The standard InChI is InChI=1S/C12H12O3/c1-8-2-3-9-4-5-12(15,11(13)14)7-10(9)6-8/h2-6,15H,7H2,1H3,(H,13,14). The summed E-state index contributed by atoms with van der Waals surface area (Å²) in [6.45, 7) is 1.94. The SMILES string of the molecule is Cc1ccc2c(c1)CC(O)(C(=O)O)C=C2. The molecule has 1 atom stereocenters. The summed E-state index contributed by atoms with van der Waals surface area (Å²) < 4.78 is 0. The topological polar surface area (TPSA) is 57.5 Å². The molecule has 1 unspecified atom stereocenters. The summed E-state index contributed by atoms with van der Waals surface area (Å²) in [7, 11) is 0. The van der Waals surface area contributed by atoms with Crippen molar-refractivity contribution in [2.45, 2.75) is 18.9 Å². The van der Waals surface area contributed by atoms with E-state index in [9.17, 15) is 9.90 Å². The maximum atomic E-state index is 10.9. The van der Waals surface area contributed by atoms with Crippen molar-refractivity contribution in [2.24, 2.45) is 0 Å². The minimum atomic E-state index is -1.75. The van der Waals surface area contributed by atoms with Gasteiger partial charge in [-0.15, -0.1) is 0 Å². The summed E-state index contributed by atoms with van der Waals surface area (Å²) >= 11 is 0. The number of carboxylic acids is 1. The first-order valence-corrected chi connectivity index (χ1v) is 4.76. The molecule has 2 rings (SSSR count). The Bertz CT molecular complexity index is 448. The first kappa shape index (κ1) is 9.93. The van der Waals surface area contributed by atoms with Crippen molar-refractivity contribution in [3.63, 3.8) is 0 Å². The van der Waals surface area contributed by atoms with Crippen LogP contribution in [0.3, 0.4) is 0 Å². The number of rotatable bonds is 1. The first-order valence-electron chi connectivity index (χ1n) is 4.76. The van der Waals surface area contributed by atoms with Crippen molar-refractivity contribution in [1.82, 2.24) is 0 Å². The molecule has 0 aromatic heterocycles. The summed E-state index contributed by atoms with van der Waals surface area (Å²) in [5, 5.41) is 18.7. The molecule has 1 aromatic carbocycles. The van der Waals surface area contributed by atoms with Gasteiger partial charge in [-0.25, -0.2) is 4.79 Å². The van der Waals surface area contributed by atoms with Gasteiger partial charge in [-0.2, -0.15) is 0 Å². The molecule has 0 heterocycles. The van der Waals surface area contributed by atoms with Crippen LogP contribution in [0.1, 0.15) is 16.7 Å². The zero-order valence-electron chi connectivity index (χ0n) is 8.40. The second-order valence-corrected chi connectivity index (χ2v) is 3.94. The molecule has 0 radical (unpaired) electrons. The summed E-state index contributed by atoms with van der Waals surface area (Å²) in [4.78, 5) is 10.9. The lowest BCUT2D eigenvalue weighted by molar-refractivity contribution is -0.153. The minimum absolute atomic E-state index is 0.135. The molecule has 1 aromatic rings. The predicted molar refractivity (Wildman–Crippen MR) is 56.5 cm³/mol. The number of carboxylic acid groups (broad SMARTS) is 1. The van der Waals surface area contributed by atoms with Gasteiger partial charge in [0.2, 0.25) is 0 Å². The van der Waals surface area contributed by atoms with Gasteiger partial charge in [0.1, 0.15) is 0 Å². The number of aliphatic carboxylic acids is 1. The van der Waals surface area contributed by atoms with Crippen molar-refractivity contribution in [1.29, 1.82) is 0 Å². The van der Waals surface area contributed by atoms with Gasteiger partial charge in [-0.3, -0.25) is 0 Å². The Labute approximate surface area is 87.7 Å². The monoisotopic (exact) mass is 204 g/mol. The van der Waals surface area contributed by atoms with Crippen molar-refractivity contribution in [3.8, 4) is 0 Å². The highest BCUT2D eigenvalue weighted by Crippen LogP contribution is 2.26. The van der Waals surface area contributed by atoms with Crippen molar-refractivity contribution < 1.29 is 15.0 Å². The number of benzene rings is 1. The zero-order chi connectivity index (χ0) is 11.1. The molecule has 0 spiro atoms. The van der Waals surface area contributed by atoms with Gasteiger partial charge < -0.3 is 10.2 Å². The molecule has 0 fully saturated rings. The fourth-order valence-corrected chi connectivity index (χ4v) is 1.77. The molecule has 3 heteroatoms. The third-order valence-corrected chi connectivity index (χ3v) is 2.67. The van der Waals surface area contributed by atoms with Gasteiger partial charge in [-0.05, 0) is 24.1 Å². The molecular weight excluding hydrogens is 192 g/mol. The summed E-state index contributed by atoms with van der Waals surface area (Å²) in [5.74, 6) is -1.20. The number of carbonyl (C=O) groups is 1. The van der Waals surface area contributed by atoms with E-state index in [2.05, 4.69) is 0 Å². The lowest BCUT2D eigenvalue weighted by atomic mass is 9.85. The normalized spacial score (nSPS) is 23.6. The highest BCUT2D eigenvalue weighted by molar-refractivity contribution is 5.83. The lowest BCUT2D eigenvalue weighted by Gasteiger charge is -2.24. The van der Waals surface area contributed by atoms with E-state index < -0.39 is 11.6 Å². The molecule has 3 nitrogen and oxygen atoms in total. The molecule has 0 bridgehead atoms. The van der Waals surface area contributed by atoms with Crippen LogP contribution in [-0.2, 0) is 11.2 Å². The second-order valence-electron chi connectivity index (χ2n) is 3.94. The fraction of sp³-hybridized carbons (Fsp3) is 0.250. The van der Waals surface area contributed by atoms with Crippen LogP contribution in [0.25, 0.3) is 6.08 Å². The van der Waals surface area contributed by atoms with Gasteiger partial charge in [0.25, 0.3) is 0 Å². The van der Waals surface area contributed by atoms with E-state index in [4.69, 9.17) is 5.11 Å². The van der Waals surface area contributed by atoms with Crippen LogP contribution in [0.4, 0.5) is 0 Å². The van der Waals surface area contributed by atoms with Gasteiger partial charge in [0.05, 0.1) is 0 Å². The third-order valence-electron chi connectivity index (χ3n) is 2.67. The van der Waals surface area contributed by atoms with Crippen LogP contribution in [0, 0.1) is 6.92 Å². The van der Waals surface area contributed by atoms with Crippen LogP contribution in [-0.4, -0.2) is 21.8 Å². The van der Waals surface area contributed by atoms with Crippen LogP contribution >= 0.6 is 0 Å². The minimum Gasteiger partial charge on any atom is -0.479 e. The Morgan fingerprint density at radius 1 is 1.47 bits per heavy atom. The Balaban J connectivity index is 2.45. The Morgan fingerprint density at radius 2 is 2.20 bits per heavy atom. The highest BCUT2D eigenvalue weighted by Gasteiger charge is 2.35. The van der Waals surface area contributed by atoms with Crippen LogP contribution in [0.2, 0.25) is 0 Å². The average Bonchev–Trinajstić information content (AvgIpc) is 2.16.